The van der Waals surface area contributed by atoms with Gasteiger partial charge in [0.15, 0.2) is 0 Å². The zero-order valence-corrected chi connectivity index (χ0v) is 8.86. The van der Waals surface area contributed by atoms with Crippen LogP contribution in [0.2, 0.25) is 0 Å². The van der Waals surface area contributed by atoms with Crippen LogP contribution in [0.3, 0.4) is 0 Å². The summed E-state index contributed by atoms with van der Waals surface area (Å²) in [6, 6.07) is 7.33. The van der Waals surface area contributed by atoms with E-state index < -0.39 is 5.97 Å². The summed E-state index contributed by atoms with van der Waals surface area (Å²) in [5, 5.41) is 9.04. The summed E-state index contributed by atoms with van der Waals surface area (Å²) >= 11 is 0. The van der Waals surface area contributed by atoms with Crippen LogP contribution >= 0.6 is 0 Å². The van der Waals surface area contributed by atoms with Crippen LogP contribution < -0.4 is 0 Å². The van der Waals surface area contributed by atoms with E-state index in [4.69, 9.17) is 9.84 Å². The Morgan fingerprint density at radius 2 is 2.13 bits per heavy atom. The first-order valence-electron chi connectivity index (χ1n) is 4.78. The second kappa shape index (κ2) is 5.20. The largest absolute Gasteiger partial charge is 0.515 e. The fraction of sp³-hybridized carbons (Fsp3) is 0.250. The molecule has 0 aliphatic carbocycles. The van der Waals surface area contributed by atoms with Crippen molar-refractivity contribution in [3.05, 3.63) is 41.7 Å². The van der Waals surface area contributed by atoms with Crippen molar-refractivity contribution in [2.75, 3.05) is 6.61 Å². The first-order chi connectivity index (χ1) is 7.20. The van der Waals surface area contributed by atoms with E-state index in [2.05, 4.69) is 0 Å². The molecule has 1 aromatic rings. The lowest BCUT2D eigenvalue weighted by Gasteiger charge is -2.08. The Bertz CT molecular complexity index is 380. The van der Waals surface area contributed by atoms with Crippen LogP contribution in [0.4, 0.5) is 0 Å². The molecule has 0 bridgehead atoms. The third-order valence-corrected chi connectivity index (χ3v) is 2.06. The number of carbonyl (C=O) groups is 1. The van der Waals surface area contributed by atoms with Gasteiger partial charge in [0, 0.05) is 0 Å². The van der Waals surface area contributed by atoms with Crippen LogP contribution in [0.25, 0.3) is 5.57 Å². The maximum Gasteiger partial charge on any atom is 0.341 e. The van der Waals surface area contributed by atoms with Crippen molar-refractivity contribution in [2.24, 2.45) is 0 Å². The molecule has 0 atom stereocenters. The number of ether oxygens (including phenoxy) is 1. The molecule has 0 spiro atoms. The van der Waals surface area contributed by atoms with E-state index in [9.17, 15) is 4.79 Å². The quantitative estimate of drug-likeness (QED) is 0.469. The Kier molecular flexibility index (Phi) is 3.92. The van der Waals surface area contributed by atoms with Gasteiger partial charge in [-0.15, -0.1) is 0 Å². The van der Waals surface area contributed by atoms with E-state index in [1.807, 2.05) is 25.1 Å². The van der Waals surface area contributed by atoms with Gasteiger partial charge in [0.05, 0.1) is 12.9 Å². The van der Waals surface area contributed by atoms with Crippen molar-refractivity contribution in [3.63, 3.8) is 0 Å². The highest BCUT2D eigenvalue weighted by atomic mass is 16.5. The minimum Gasteiger partial charge on any atom is -0.515 e. The molecule has 0 aromatic heterocycles. The van der Waals surface area contributed by atoms with Gasteiger partial charge in [0.2, 0.25) is 0 Å². The molecule has 0 saturated carbocycles. The van der Waals surface area contributed by atoms with Gasteiger partial charge in [-0.2, -0.15) is 0 Å². The molecule has 15 heavy (non-hydrogen) atoms. The predicted molar refractivity (Wildman–Crippen MR) is 58.4 cm³/mol. The second-order valence-corrected chi connectivity index (χ2v) is 3.08. The summed E-state index contributed by atoms with van der Waals surface area (Å²) in [5.41, 5.74) is 1.80. The highest BCUT2D eigenvalue weighted by Crippen LogP contribution is 2.19. The first kappa shape index (κ1) is 11.3. The Labute approximate surface area is 89.0 Å². The number of aliphatic hydroxyl groups excluding tert-OH is 1. The van der Waals surface area contributed by atoms with Crippen LogP contribution in [0.15, 0.2) is 30.5 Å². The first-order valence-corrected chi connectivity index (χ1v) is 4.78. The van der Waals surface area contributed by atoms with Crippen molar-refractivity contribution < 1.29 is 14.6 Å². The van der Waals surface area contributed by atoms with Gasteiger partial charge in [0.1, 0.15) is 5.57 Å². The Hall–Kier alpha value is -1.77. The summed E-state index contributed by atoms with van der Waals surface area (Å²) in [7, 11) is 0. The van der Waals surface area contributed by atoms with E-state index in [0.717, 1.165) is 11.8 Å². The topological polar surface area (TPSA) is 46.5 Å². The maximum atomic E-state index is 11.5. The van der Waals surface area contributed by atoms with Gasteiger partial charge < -0.3 is 9.84 Å². The lowest BCUT2D eigenvalue weighted by Crippen LogP contribution is -2.07. The molecule has 0 fully saturated rings. The fourth-order valence-electron chi connectivity index (χ4n) is 1.32. The third kappa shape index (κ3) is 2.59. The highest BCUT2D eigenvalue weighted by molar-refractivity contribution is 6.16. The number of carbonyl (C=O) groups excluding carboxylic acids is 1. The zero-order valence-electron chi connectivity index (χ0n) is 8.86. The highest BCUT2D eigenvalue weighted by Gasteiger charge is 2.14. The number of hydrogen-bond acceptors (Lipinski definition) is 3. The smallest absolute Gasteiger partial charge is 0.341 e. The molecule has 3 nitrogen and oxygen atoms in total. The molecular formula is C12H14O3. The van der Waals surface area contributed by atoms with E-state index in [1.54, 1.807) is 13.0 Å². The molecule has 0 heterocycles. The Morgan fingerprint density at radius 3 is 2.67 bits per heavy atom. The number of benzene rings is 1. The summed E-state index contributed by atoms with van der Waals surface area (Å²) in [6.07, 6.45) is 0.792. The average Bonchev–Trinajstić information content (AvgIpc) is 2.22. The van der Waals surface area contributed by atoms with Crippen molar-refractivity contribution in [1.29, 1.82) is 0 Å². The van der Waals surface area contributed by atoms with Crippen LogP contribution in [-0.4, -0.2) is 17.7 Å². The van der Waals surface area contributed by atoms with Crippen LogP contribution in [0.1, 0.15) is 18.1 Å². The Balaban J connectivity index is 3.04. The summed E-state index contributed by atoms with van der Waals surface area (Å²) < 4.78 is 4.84. The molecule has 0 amide bonds. The lowest BCUT2D eigenvalue weighted by molar-refractivity contribution is -0.136. The molecular weight excluding hydrogens is 192 g/mol. The zero-order chi connectivity index (χ0) is 11.3. The summed E-state index contributed by atoms with van der Waals surface area (Å²) in [5.74, 6) is -0.505. The van der Waals surface area contributed by atoms with Crippen molar-refractivity contribution in [1.82, 2.24) is 0 Å². The van der Waals surface area contributed by atoms with Gasteiger partial charge in [0.25, 0.3) is 0 Å². The van der Waals surface area contributed by atoms with E-state index in [0.29, 0.717) is 12.2 Å². The number of esters is 1. The number of aryl methyl sites for hydroxylation is 1. The number of aliphatic hydroxyl groups is 1. The fourth-order valence-corrected chi connectivity index (χ4v) is 1.32. The van der Waals surface area contributed by atoms with Crippen LogP contribution in [-0.2, 0) is 9.53 Å². The maximum absolute atomic E-state index is 11.5. The predicted octanol–water partition coefficient (Wildman–Crippen LogP) is 2.46. The molecule has 80 valence electrons. The van der Waals surface area contributed by atoms with Crippen LogP contribution in [0.5, 0.6) is 0 Å². The summed E-state index contributed by atoms with van der Waals surface area (Å²) in [6.45, 7) is 3.89. The van der Waals surface area contributed by atoms with Gasteiger partial charge in [-0.05, 0) is 25.0 Å². The molecule has 0 saturated heterocycles. The molecule has 3 heteroatoms. The molecule has 0 radical (unpaired) electrons. The standard InChI is InChI=1S/C12H14O3/c1-3-15-12(14)11(8-13)10-7-5-4-6-9(10)2/h4-8,13H,3H2,1-2H3. The molecule has 1 N–H and O–H groups in total. The third-order valence-electron chi connectivity index (χ3n) is 2.06. The average molecular weight is 206 g/mol. The molecule has 1 rings (SSSR count). The second-order valence-electron chi connectivity index (χ2n) is 3.08. The molecule has 0 unspecified atom stereocenters. The molecule has 1 aromatic carbocycles. The minimum absolute atomic E-state index is 0.190. The van der Waals surface area contributed by atoms with E-state index in [1.165, 1.54) is 0 Å². The van der Waals surface area contributed by atoms with Crippen molar-refractivity contribution in [2.45, 2.75) is 13.8 Å². The van der Waals surface area contributed by atoms with E-state index in [-0.39, 0.29) is 5.57 Å². The summed E-state index contributed by atoms with van der Waals surface area (Å²) in [4.78, 5) is 11.5. The van der Waals surface area contributed by atoms with Gasteiger partial charge >= 0.3 is 5.97 Å². The van der Waals surface area contributed by atoms with Crippen molar-refractivity contribution >= 4 is 11.5 Å². The SMILES string of the molecule is CCOC(=O)C(=CO)c1ccccc1C. The number of rotatable bonds is 3. The molecule has 0 aliphatic rings. The van der Waals surface area contributed by atoms with Gasteiger partial charge in [-0.25, -0.2) is 4.79 Å². The minimum atomic E-state index is -0.505. The van der Waals surface area contributed by atoms with Gasteiger partial charge in [-0.1, -0.05) is 24.3 Å². The normalized spacial score (nSPS) is 11.2. The van der Waals surface area contributed by atoms with Crippen molar-refractivity contribution in [3.8, 4) is 0 Å². The Morgan fingerprint density at radius 1 is 1.47 bits per heavy atom. The van der Waals surface area contributed by atoms with Gasteiger partial charge in [-0.3, -0.25) is 0 Å². The van der Waals surface area contributed by atoms with E-state index >= 15 is 0 Å². The monoisotopic (exact) mass is 206 g/mol. The number of hydrogen-bond donors (Lipinski definition) is 1. The van der Waals surface area contributed by atoms with Crippen LogP contribution in [0, 0.1) is 6.92 Å². The lowest BCUT2D eigenvalue weighted by atomic mass is 10.0. The molecule has 0 aliphatic heterocycles.